The SMILES string of the molecule is C[C@@]12CCC[C@H]1[C@@H]1CC[C@H]3C[C@H](OS(=O)(=O)c4ccc(F)cc4)CC[C@]3(C)[C@H]1CC2. The minimum absolute atomic E-state index is 0.0498. The lowest BCUT2D eigenvalue weighted by atomic mass is 9.45. The van der Waals surface area contributed by atoms with Crippen molar-refractivity contribution in [3.63, 3.8) is 0 Å². The normalized spacial score (nSPS) is 43.5. The van der Waals surface area contributed by atoms with E-state index in [2.05, 4.69) is 13.8 Å². The summed E-state index contributed by atoms with van der Waals surface area (Å²) in [6.45, 7) is 5.04. The molecule has 4 aliphatic rings. The third-order valence-corrected chi connectivity index (χ3v) is 11.1. The van der Waals surface area contributed by atoms with Gasteiger partial charge in [0.05, 0.1) is 11.0 Å². The summed E-state index contributed by atoms with van der Waals surface area (Å²) < 4.78 is 44.2. The molecule has 1 aromatic carbocycles. The first-order valence-corrected chi connectivity index (χ1v) is 13.3. The van der Waals surface area contributed by atoms with E-state index in [4.69, 9.17) is 4.18 Å². The molecule has 4 fully saturated rings. The Kier molecular flexibility index (Phi) is 5.09. The maximum Gasteiger partial charge on any atom is 0.297 e. The van der Waals surface area contributed by atoms with Crippen LogP contribution in [-0.2, 0) is 14.3 Å². The van der Waals surface area contributed by atoms with Gasteiger partial charge in [-0.3, -0.25) is 4.18 Å². The van der Waals surface area contributed by atoms with Crippen molar-refractivity contribution in [3.8, 4) is 0 Å². The van der Waals surface area contributed by atoms with Crippen LogP contribution in [0.4, 0.5) is 4.39 Å². The number of fused-ring (bicyclic) bond motifs is 5. The zero-order valence-electron chi connectivity index (χ0n) is 18.3. The summed E-state index contributed by atoms with van der Waals surface area (Å²) in [5.41, 5.74) is 0.903. The van der Waals surface area contributed by atoms with E-state index in [9.17, 15) is 12.8 Å². The van der Waals surface area contributed by atoms with E-state index in [0.717, 1.165) is 37.0 Å². The fourth-order valence-corrected chi connectivity index (χ4v) is 9.25. The Balaban J connectivity index is 1.30. The molecule has 0 unspecified atom stereocenters. The molecule has 5 rings (SSSR count). The van der Waals surface area contributed by atoms with Crippen LogP contribution in [-0.4, -0.2) is 14.5 Å². The van der Waals surface area contributed by atoms with Gasteiger partial charge in [0, 0.05) is 0 Å². The van der Waals surface area contributed by atoms with Crippen molar-refractivity contribution < 1.29 is 17.0 Å². The Hall–Kier alpha value is -0.940. The van der Waals surface area contributed by atoms with Gasteiger partial charge in [-0.1, -0.05) is 20.3 Å². The van der Waals surface area contributed by atoms with E-state index < -0.39 is 15.9 Å². The summed E-state index contributed by atoms with van der Waals surface area (Å²) in [7, 11) is -3.84. The summed E-state index contributed by atoms with van der Waals surface area (Å²) in [4.78, 5) is 0.0498. The van der Waals surface area contributed by atoms with Gasteiger partial charge in [0.2, 0.25) is 0 Å². The molecule has 166 valence electrons. The highest BCUT2D eigenvalue weighted by Crippen LogP contribution is 2.66. The lowest BCUT2D eigenvalue weighted by Gasteiger charge is -2.60. The van der Waals surface area contributed by atoms with Crippen LogP contribution < -0.4 is 0 Å². The van der Waals surface area contributed by atoms with Crippen LogP contribution in [0.15, 0.2) is 29.2 Å². The fourth-order valence-electron chi connectivity index (χ4n) is 8.14. The van der Waals surface area contributed by atoms with Gasteiger partial charge in [0.15, 0.2) is 0 Å². The Labute approximate surface area is 180 Å². The molecule has 7 atom stereocenters. The first-order chi connectivity index (χ1) is 14.2. The van der Waals surface area contributed by atoms with Crippen LogP contribution >= 0.6 is 0 Å². The molecule has 30 heavy (non-hydrogen) atoms. The molecular formula is C25H35FO3S. The maximum atomic E-state index is 13.2. The minimum Gasteiger partial charge on any atom is -0.263 e. The fraction of sp³-hybridized carbons (Fsp3) is 0.760. The van der Waals surface area contributed by atoms with E-state index >= 15 is 0 Å². The molecule has 0 amide bonds. The summed E-state index contributed by atoms with van der Waals surface area (Å²) >= 11 is 0. The Morgan fingerprint density at radius 1 is 0.933 bits per heavy atom. The average molecular weight is 435 g/mol. The minimum atomic E-state index is -3.84. The quantitative estimate of drug-likeness (QED) is 0.522. The molecule has 4 aliphatic carbocycles. The third-order valence-electron chi connectivity index (χ3n) is 9.76. The van der Waals surface area contributed by atoms with Crippen LogP contribution in [0.3, 0.4) is 0 Å². The standard InChI is InChI=1S/C25H35FO3S/c1-24-13-3-4-22(24)21-10-5-17-16-19(11-15-25(17,2)23(21)12-14-24)29-30(27,28)20-8-6-18(26)7-9-20/h6-9,17,19,21-23H,3-5,10-16H2,1-2H3/t17-,19+,21-,22-,23-,24-,25-/m0/s1. The molecule has 0 heterocycles. The highest BCUT2D eigenvalue weighted by Gasteiger charge is 2.58. The second kappa shape index (κ2) is 7.30. The molecule has 3 nitrogen and oxygen atoms in total. The molecule has 4 saturated carbocycles. The lowest BCUT2D eigenvalue weighted by molar-refractivity contribution is -0.117. The molecule has 0 saturated heterocycles. The van der Waals surface area contributed by atoms with Gasteiger partial charge in [-0.2, -0.15) is 8.42 Å². The Morgan fingerprint density at radius 3 is 2.47 bits per heavy atom. The van der Waals surface area contributed by atoms with Gasteiger partial charge in [-0.15, -0.1) is 0 Å². The van der Waals surface area contributed by atoms with E-state index in [1.54, 1.807) is 0 Å². The van der Waals surface area contributed by atoms with Crippen molar-refractivity contribution in [2.75, 3.05) is 0 Å². The van der Waals surface area contributed by atoms with Gasteiger partial charge in [-0.25, -0.2) is 4.39 Å². The number of benzene rings is 1. The van der Waals surface area contributed by atoms with Crippen molar-refractivity contribution in [2.24, 2.45) is 34.5 Å². The molecule has 0 aromatic heterocycles. The number of rotatable bonds is 3. The Morgan fingerprint density at radius 2 is 1.70 bits per heavy atom. The van der Waals surface area contributed by atoms with Crippen molar-refractivity contribution >= 4 is 10.1 Å². The number of halogens is 1. The molecule has 0 N–H and O–H groups in total. The first kappa shape index (κ1) is 20.9. The van der Waals surface area contributed by atoms with Crippen molar-refractivity contribution in [1.82, 2.24) is 0 Å². The predicted molar refractivity (Wildman–Crippen MR) is 115 cm³/mol. The third kappa shape index (κ3) is 3.35. The second-order valence-corrected chi connectivity index (χ2v) is 12.7. The summed E-state index contributed by atoms with van der Waals surface area (Å²) in [6, 6.07) is 4.94. The second-order valence-electron chi connectivity index (χ2n) is 11.1. The van der Waals surface area contributed by atoms with Crippen LogP contribution in [0, 0.1) is 40.3 Å². The number of hydrogen-bond acceptors (Lipinski definition) is 3. The summed E-state index contributed by atoms with van der Waals surface area (Å²) in [5, 5.41) is 0. The van der Waals surface area contributed by atoms with Crippen LogP contribution in [0.5, 0.6) is 0 Å². The summed E-state index contributed by atoms with van der Waals surface area (Å²) in [5.74, 6) is 2.67. The van der Waals surface area contributed by atoms with Crippen molar-refractivity contribution in [1.29, 1.82) is 0 Å². The van der Waals surface area contributed by atoms with Crippen molar-refractivity contribution in [2.45, 2.75) is 89.1 Å². The average Bonchev–Trinajstić information content (AvgIpc) is 3.10. The van der Waals surface area contributed by atoms with E-state index in [0.29, 0.717) is 16.7 Å². The zero-order valence-corrected chi connectivity index (χ0v) is 19.1. The monoisotopic (exact) mass is 434 g/mol. The topological polar surface area (TPSA) is 43.4 Å². The Bertz CT molecular complexity index is 897. The van der Waals surface area contributed by atoms with E-state index in [1.807, 2.05) is 0 Å². The lowest BCUT2D eigenvalue weighted by Crippen LogP contribution is -2.53. The van der Waals surface area contributed by atoms with Crippen LogP contribution in [0.1, 0.15) is 78.1 Å². The van der Waals surface area contributed by atoms with Crippen LogP contribution in [0.2, 0.25) is 0 Å². The van der Waals surface area contributed by atoms with Gasteiger partial charge in [0.25, 0.3) is 10.1 Å². The van der Waals surface area contributed by atoms with E-state index in [-0.39, 0.29) is 11.0 Å². The molecule has 1 aromatic rings. The summed E-state index contributed by atoms with van der Waals surface area (Å²) in [6.07, 6.45) is 11.9. The number of hydrogen-bond donors (Lipinski definition) is 0. The predicted octanol–water partition coefficient (Wildman–Crippen LogP) is 6.33. The molecule has 0 aliphatic heterocycles. The smallest absolute Gasteiger partial charge is 0.263 e. The van der Waals surface area contributed by atoms with Crippen LogP contribution in [0.25, 0.3) is 0 Å². The molecular weight excluding hydrogens is 399 g/mol. The zero-order chi connectivity index (χ0) is 21.1. The highest BCUT2D eigenvalue weighted by atomic mass is 32.2. The maximum absolute atomic E-state index is 13.2. The van der Waals surface area contributed by atoms with E-state index in [1.165, 1.54) is 69.2 Å². The first-order valence-electron chi connectivity index (χ1n) is 11.9. The van der Waals surface area contributed by atoms with Crippen molar-refractivity contribution in [3.05, 3.63) is 30.1 Å². The molecule has 5 heteroatoms. The van der Waals surface area contributed by atoms with Gasteiger partial charge < -0.3 is 0 Å². The highest BCUT2D eigenvalue weighted by molar-refractivity contribution is 7.86. The molecule has 0 bridgehead atoms. The molecule has 0 radical (unpaired) electrons. The van der Waals surface area contributed by atoms with Gasteiger partial charge in [-0.05, 0) is 117 Å². The largest absolute Gasteiger partial charge is 0.297 e. The van der Waals surface area contributed by atoms with Gasteiger partial charge >= 0.3 is 0 Å². The van der Waals surface area contributed by atoms with Gasteiger partial charge in [0.1, 0.15) is 5.82 Å². The molecule has 0 spiro atoms.